The molecule has 9 heteroatoms. The summed E-state index contributed by atoms with van der Waals surface area (Å²) in [5, 5.41) is 24.2. The van der Waals surface area contributed by atoms with Crippen LogP contribution in [0, 0.1) is 0 Å². The van der Waals surface area contributed by atoms with Gasteiger partial charge in [-0.1, -0.05) is 20.8 Å². The summed E-state index contributed by atoms with van der Waals surface area (Å²) in [5.74, 6) is 1.79. The van der Waals surface area contributed by atoms with Crippen LogP contribution in [0.15, 0.2) is 12.1 Å². The van der Waals surface area contributed by atoms with Crippen LogP contribution in [-0.4, -0.2) is 92.0 Å². The zero-order valence-electron chi connectivity index (χ0n) is 18.0. The molecule has 0 saturated carbocycles. The number of aliphatic hydroxyl groups is 1. The molecule has 2 saturated heterocycles. The first kappa shape index (κ1) is 20.0. The molecule has 0 spiro atoms. The molecular weight excluding hydrogens is 370 g/mol. The molecule has 2 aliphatic rings. The number of likely N-dealkylation sites (tertiary alicyclic amines) is 1. The van der Waals surface area contributed by atoms with Crippen molar-refractivity contribution in [3.05, 3.63) is 18.0 Å². The maximum absolute atomic E-state index is 11.6. The second kappa shape index (κ2) is 6.91. The van der Waals surface area contributed by atoms with E-state index in [2.05, 4.69) is 40.8 Å². The van der Waals surface area contributed by atoms with Crippen molar-refractivity contribution in [1.29, 1.82) is 0 Å². The van der Waals surface area contributed by atoms with Gasteiger partial charge in [-0.15, -0.1) is 15.3 Å². The Bertz CT molecular complexity index is 915. The van der Waals surface area contributed by atoms with Crippen LogP contribution in [0.1, 0.15) is 39.9 Å². The average molecular weight is 402 g/mol. The van der Waals surface area contributed by atoms with Crippen LogP contribution in [-0.2, 0) is 10.2 Å². The maximum atomic E-state index is 11.6. The van der Waals surface area contributed by atoms with E-state index < -0.39 is 5.60 Å². The third-order valence-electron chi connectivity index (χ3n) is 6.05. The smallest absolute Gasteiger partial charge is 0.219 e. The van der Waals surface area contributed by atoms with Gasteiger partial charge >= 0.3 is 0 Å². The molecule has 0 radical (unpaired) electrons. The first-order chi connectivity index (χ1) is 13.6. The van der Waals surface area contributed by atoms with Crippen molar-refractivity contribution in [2.24, 2.45) is 0 Å². The van der Waals surface area contributed by atoms with Crippen molar-refractivity contribution in [3.63, 3.8) is 0 Å². The first-order valence-corrected chi connectivity index (χ1v) is 10.2. The van der Waals surface area contributed by atoms with Gasteiger partial charge in [0, 0.05) is 44.6 Å². The van der Waals surface area contributed by atoms with Crippen molar-refractivity contribution in [1.82, 2.24) is 29.6 Å². The summed E-state index contributed by atoms with van der Waals surface area (Å²) in [6, 6.07) is 4.30. The van der Waals surface area contributed by atoms with Crippen LogP contribution in [0.5, 0.6) is 0 Å². The van der Waals surface area contributed by atoms with Crippen LogP contribution < -0.4 is 4.90 Å². The standard InChI is InChI=1S/C20H31N7O2/c1-14(28)25-9-8-20(29,13-25)12-24(5)15-10-26(11-15)17-7-6-16-21-22-18(19(2,3)4)27(16)23-17/h6-7,15,29H,8-13H2,1-5H3. The third-order valence-corrected chi connectivity index (χ3v) is 6.05. The Morgan fingerprint density at radius 1 is 1.31 bits per heavy atom. The van der Waals surface area contributed by atoms with Gasteiger partial charge in [-0.25, -0.2) is 0 Å². The van der Waals surface area contributed by atoms with Crippen molar-refractivity contribution < 1.29 is 9.90 Å². The van der Waals surface area contributed by atoms with Gasteiger partial charge in [0.25, 0.3) is 0 Å². The lowest BCUT2D eigenvalue weighted by Crippen LogP contribution is -2.61. The molecule has 2 aromatic heterocycles. The molecule has 9 nitrogen and oxygen atoms in total. The SMILES string of the molecule is CC(=O)N1CCC(O)(CN(C)C2CN(c3ccc4nnc(C(C)(C)C)n4n3)C2)C1. The number of nitrogens with zero attached hydrogens (tertiary/aromatic N) is 7. The average Bonchev–Trinajstić information content (AvgIpc) is 3.16. The highest BCUT2D eigenvalue weighted by Crippen LogP contribution is 2.27. The number of anilines is 1. The number of likely N-dealkylation sites (N-methyl/N-ethyl adjacent to an activating group) is 1. The van der Waals surface area contributed by atoms with Gasteiger partial charge in [-0.05, 0) is 25.6 Å². The summed E-state index contributed by atoms with van der Waals surface area (Å²) in [6.07, 6.45) is 0.634. The van der Waals surface area contributed by atoms with E-state index in [1.165, 1.54) is 0 Å². The summed E-state index contributed by atoms with van der Waals surface area (Å²) < 4.78 is 1.84. The topological polar surface area (TPSA) is 90.1 Å². The monoisotopic (exact) mass is 401 g/mol. The van der Waals surface area contributed by atoms with Gasteiger partial charge in [-0.3, -0.25) is 9.69 Å². The van der Waals surface area contributed by atoms with Gasteiger partial charge in [0.15, 0.2) is 11.5 Å². The van der Waals surface area contributed by atoms with E-state index in [0.29, 0.717) is 32.1 Å². The molecule has 2 aromatic rings. The Morgan fingerprint density at radius 3 is 2.66 bits per heavy atom. The van der Waals surface area contributed by atoms with E-state index >= 15 is 0 Å². The minimum absolute atomic E-state index is 0.0310. The summed E-state index contributed by atoms with van der Waals surface area (Å²) in [5.41, 5.74) is -0.193. The fraction of sp³-hybridized carbons (Fsp3) is 0.700. The summed E-state index contributed by atoms with van der Waals surface area (Å²) >= 11 is 0. The van der Waals surface area contributed by atoms with E-state index in [1.807, 2.05) is 23.7 Å². The molecule has 29 heavy (non-hydrogen) atoms. The molecule has 1 atom stereocenters. The van der Waals surface area contributed by atoms with E-state index in [-0.39, 0.29) is 11.3 Å². The molecule has 4 rings (SSSR count). The number of hydrogen-bond donors (Lipinski definition) is 1. The molecule has 158 valence electrons. The van der Waals surface area contributed by atoms with E-state index in [0.717, 1.165) is 30.4 Å². The molecule has 1 unspecified atom stereocenters. The lowest BCUT2D eigenvalue weighted by atomic mass is 9.96. The van der Waals surface area contributed by atoms with Crippen LogP contribution in [0.4, 0.5) is 5.82 Å². The Balaban J connectivity index is 1.39. The van der Waals surface area contributed by atoms with Gasteiger partial charge in [-0.2, -0.15) is 4.52 Å². The number of hydrogen-bond acceptors (Lipinski definition) is 7. The summed E-state index contributed by atoms with van der Waals surface area (Å²) in [6.45, 7) is 11.2. The van der Waals surface area contributed by atoms with Crippen molar-refractivity contribution in [2.75, 3.05) is 44.7 Å². The lowest BCUT2D eigenvalue weighted by molar-refractivity contribution is -0.129. The Morgan fingerprint density at radius 2 is 2.03 bits per heavy atom. The van der Waals surface area contributed by atoms with Crippen molar-refractivity contribution in [3.8, 4) is 0 Å². The predicted molar refractivity (Wildman–Crippen MR) is 110 cm³/mol. The second-order valence-electron chi connectivity index (χ2n) is 9.62. The molecule has 4 heterocycles. The zero-order chi connectivity index (χ0) is 21.0. The largest absolute Gasteiger partial charge is 0.387 e. The Hall–Kier alpha value is -2.26. The fourth-order valence-corrected chi connectivity index (χ4v) is 4.18. The van der Waals surface area contributed by atoms with Crippen LogP contribution in [0.3, 0.4) is 0 Å². The predicted octanol–water partition coefficient (Wildman–Crippen LogP) is 0.526. The fourth-order valence-electron chi connectivity index (χ4n) is 4.18. The highest BCUT2D eigenvalue weighted by Gasteiger charge is 2.41. The zero-order valence-corrected chi connectivity index (χ0v) is 18.0. The number of aromatic nitrogens is 4. The minimum Gasteiger partial charge on any atom is -0.387 e. The van der Waals surface area contributed by atoms with E-state index in [9.17, 15) is 9.90 Å². The van der Waals surface area contributed by atoms with Crippen LogP contribution in [0.25, 0.3) is 5.65 Å². The molecule has 0 aromatic carbocycles. The molecule has 1 N–H and O–H groups in total. The number of amides is 1. The van der Waals surface area contributed by atoms with Gasteiger partial charge < -0.3 is 14.9 Å². The van der Waals surface area contributed by atoms with Gasteiger partial charge in [0.2, 0.25) is 5.91 Å². The second-order valence-corrected chi connectivity index (χ2v) is 9.62. The van der Waals surface area contributed by atoms with Crippen LogP contribution in [0.2, 0.25) is 0 Å². The first-order valence-electron chi connectivity index (χ1n) is 10.2. The summed E-state index contributed by atoms with van der Waals surface area (Å²) in [7, 11) is 2.05. The summed E-state index contributed by atoms with van der Waals surface area (Å²) in [4.78, 5) is 17.7. The van der Waals surface area contributed by atoms with E-state index in [4.69, 9.17) is 5.10 Å². The molecular formula is C20H31N7O2. The third kappa shape index (κ3) is 3.81. The molecule has 2 fully saturated rings. The number of carbonyl (C=O) groups is 1. The molecule has 0 bridgehead atoms. The molecule has 0 aliphatic carbocycles. The minimum atomic E-state index is -0.817. The lowest BCUT2D eigenvalue weighted by Gasteiger charge is -2.46. The van der Waals surface area contributed by atoms with E-state index in [1.54, 1.807) is 11.8 Å². The number of fused-ring (bicyclic) bond motifs is 1. The molecule has 2 aliphatic heterocycles. The quantitative estimate of drug-likeness (QED) is 0.799. The van der Waals surface area contributed by atoms with Crippen molar-refractivity contribution >= 4 is 17.4 Å². The molecule has 1 amide bonds. The van der Waals surface area contributed by atoms with Gasteiger partial charge in [0.05, 0.1) is 12.1 Å². The Labute approximate surface area is 171 Å². The number of β-amino-alcohol motifs (C(OH)–C–C–N with tert-alkyl or cyclic N) is 1. The highest BCUT2D eigenvalue weighted by molar-refractivity contribution is 5.73. The van der Waals surface area contributed by atoms with Crippen molar-refractivity contribution in [2.45, 2.75) is 51.2 Å². The van der Waals surface area contributed by atoms with Gasteiger partial charge in [0.1, 0.15) is 5.82 Å². The number of rotatable bonds is 4. The Kier molecular flexibility index (Phi) is 4.77. The highest BCUT2D eigenvalue weighted by atomic mass is 16.3. The normalized spacial score (nSPS) is 23.3. The maximum Gasteiger partial charge on any atom is 0.219 e. The number of carbonyl (C=O) groups excluding carboxylic acids is 1. The van der Waals surface area contributed by atoms with Crippen LogP contribution >= 0.6 is 0 Å².